The van der Waals surface area contributed by atoms with E-state index in [0.717, 1.165) is 12.1 Å². The molecule has 0 saturated carbocycles. The van der Waals surface area contributed by atoms with E-state index < -0.39 is 31.2 Å². The Morgan fingerprint density at radius 2 is 1.68 bits per heavy atom. The van der Waals surface area contributed by atoms with Crippen LogP contribution >= 0.6 is 0 Å². The number of nitrogens with one attached hydrogen (secondary N) is 1. The van der Waals surface area contributed by atoms with Gasteiger partial charge in [-0.2, -0.15) is 36.2 Å². The largest absolute Gasteiger partial charge is 0.397 e. The van der Waals surface area contributed by atoms with Gasteiger partial charge >= 0.3 is 6.08 Å². The molecule has 0 amide bonds. The van der Waals surface area contributed by atoms with Crippen LogP contribution in [-0.2, 0) is 25.0 Å². The fourth-order valence-electron chi connectivity index (χ4n) is 4.01. The Bertz CT molecular complexity index is 1900. The third kappa shape index (κ3) is 6.36. The Kier molecular flexibility index (Phi) is 7.49. The molecular formula is C23H21FN8O7S2. The number of rotatable bonds is 7. The second-order valence-corrected chi connectivity index (χ2v) is 11.5. The number of hydrogen-bond acceptors (Lipinski definition) is 13. The number of nitrogen functional groups attached to an aromatic ring is 1. The predicted molar refractivity (Wildman–Crippen MR) is 145 cm³/mol. The number of benzene rings is 3. The number of anilines is 4. The Labute approximate surface area is 232 Å². The molecule has 0 aliphatic carbocycles. The number of nitrogens with zero attached hydrogens (tertiary/aromatic N) is 6. The highest BCUT2D eigenvalue weighted by atomic mass is 32.2. The molecule has 0 unspecified atom stereocenters. The zero-order valence-corrected chi connectivity index (χ0v) is 22.5. The maximum atomic E-state index is 14.2. The Hall–Kier alpha value is -4.36. The number of aromatic nitrogens is 3. The highest BCUT2D eigenvalue weighted by Crippen LogP contribution is 2.36. The molecule has 0 atom stereocenters. The van der Waals surface area contributed by atoms with E-state index in [-0.39, 0.29) is 39.5 Å². The first kappa shape index (κ1) is 28.2. The van der Waals surface area contributed by atoms with Gasteiger partial charge < -0.3 is 20.7 Å². The smallest absolute Gasteiger partial charge is 0.315 e. The normalized spacial score (nSPS) is 14.6. The quantitative estimate of drug-likeness (QED) is 0.135. The van der Waals surface area contributed by atoms with Gasteiger partial charge in [-0.15, -0.1) is 10.2 Å². The van der Waals surface area contributed by atoms with Crippen molar-refractivity contribution in [1.82, 2.24) is 15.0 Å². The van der Waals surface area contributed by atoms with Crippen LogP contribution in [0.5, 0.6) is 0 Å². The predicted octanol–water partition coefficient (Wildman–Crippen LogP) is 3.24. The van der Waals surface area contributed by atoms with Crippen molar-refractivity contribution in [3.8, 4) is 0 Å². The number of hydrogen-bond donors (Lipinski definition) is 4. The zero-order valence-electron chi connectivity index (χ0n) is 20.8. The minimum Gasteiger partial charge on any atom is -0.397 e. The molecule has 4 aromatic rings. The summed E-state index contributed by atoms with van der Waals surface area (Å²) < 4.78 is 85.7. The molecule has 1 aliphatic rings. The molecule has 214 valence electrons. The summed E-state index contributed by atoms with van der Waals surface area (Å²) in [6.45, 7) is 1.74. The second-order valence-electron chi connectivity index (χ2n) is 8.67. The average molecular weight is 605 g/mol. The van der Waals surface area contributed by atoms with Crippen LogP contribution in [0.3, 0.4) is 0 Å². The lowest BCUT2D eigenvalue weighted by Gasteiger charge is -2.26. The molecular weight excluding hydrogens is 583 g/mol. The van der Waals surface area contributed by atoms with Crippen LogP contribution in [0.25, 0.3) is 10.8 Å². The van der Waals surface area contributed by atoms with Gasteiger partial charge in [-0.25, -0.2) is 0 Å². The van der Waals surface area contributed by atoms with Crippen molar-refractivity contribution in [2.75, 3.05) is 42.3 Å². The van der Waals surface area contributed by atoms with Gasteiger partial charge in [-0.05, 0) is 41.8 Å². The summed E-state index contributed by atoms with van der Waals surface area (Å²) in [5, 5.41) is 11.5. The van der Waals surface area contributed by atoms with Crippen LogP contribution in [0.4, 0.5) is 39.0 Å². The third-order valence-corrected chi connectivity index (χ3v) is 7.68. The molecule has 41 heavy (non-hydrogen) atoms. The molecule has 5 rings (SSSR count). The number of azo groups is 1. The Morgan fingerprint density at radius 3 is 2.39 bits per heavy atom. The molecule has 0 spiro atoms. The summed E-state index contributed by atoms with van der Waals surface area (Å²) in [6, 6.07) is 10.2. The lowest BCUT2D eigenvalue weighted by molar-refractivity contribution is 0.122. The van der Waals surface area contributed by atoms with Crippen molar-refractivity contribution < 1.29 is 35.1 Å². The van der Waals surface area contributed by atoms with E-state index in [1.807, 2.05) is 0 Å². The maximum absolute atomic E-state index is 14.2. The first-order chi connectivity index (χ1) is 19.4. The van der Waals surface area contributed by atoms with Crippen molar-refractivity contribution in [2.45, 2.75) is 9.79 Å². The van der Waals surface area contributed by atoms with Gasteiger partial charge in [0, 0.05) is 24.2 Å². The van der Waals surface area contributed by atoms with Gasteiger partial charge in [0.15, 0.2) is 0 Å². The summed E-state index contributed by atoms with van der Waals surface area (Å²) in [5.74, 6) is -0.0872. The third-order valence-electron chi connectivity index (χ3n) is 5.93. The highest BCUT2D eigenvalue weighted by Gasteiger charge is 2.20. The summed E-state index contributed by atoms with van der Waals surface area (Å²) in [7, 11) is -9.23. The highest BCUT2D eigenvalue weighted by molar-refractivity contribution is 7.86. The van der Waals surface area contributed by atoms with E-state index >= 15 is 0 Å². The minimum absolute atomic E-state index is 0.0683. The fraction of sp³-hybridized carbons (Fsp3) is 0.174. The van der Waals surface area contributed by atoms with Gasteiger partial charge in [-0.1, -0.05) is 12.1 Å². The van der Waals surface area contributed by atoms with Crippen LogP contribution in [0.15, 0.2) is 68.6 Å². The summed E-state index contributed by atoms with van der Waals surface area (Å²) in [5.41, 5.74) is 6.10. The lowest BCUT2D eigenvalue weighted by Crippen LogP contribution is -2.37. The van der Waals surface area contributed by atoms with E-state index in [0.29, 0.717) is 37.1 Å². The summed E-state index contributed by atoms with van der Waals surface area (Å²) in [6.07, 6.45) is -1.04. The van der Waals surface area contributed by atoms with E-state index in [9.17, 15) is 30.3 Å². The van der Waals surface area contributed by atoms with E-state index in [1.165, 1.54) is 36.4 Å². The van der Waals surface area contributed by atoms with Gasteiger partial charge in [0.25, 0.3) is 20.2 Å². The molecule has 15 nitrogen and oxygen atoms in total. The lowest BCUT2D eigenvalue weighted by atomic mass is 10.1. The van der Waals surface area contributed by atoms with Crippen LogP contribution in [-0.4, -0.2) is 67.2 Å². The van der Waals surface area contributed by atoms with Crippen molar-refractivity contribution >= 4 is 65.7 Å². The summed E-state index contributed by atoms with van der Waals surface area (Å²) >= 11 is 0. The SMILES string of the molecule is Nc1ccc2cc(S(=O)(=O)O)ccc2c1N=Nc1cc(Nc2nc(F)nc(N3CCOCC3)n2)ccc1S(=O)(=O)O. The molecule has 5 N–H and O–H groups in total. The topological polar surface area (TPSA) is 223 Å². The Balaban J connectivity index is 1.52. The van der Waals surface area contributed by atoms with Crippen molar-refractivity contribution in [1.29, 1.82) is 0 Å². The number of morpholine rings is 1. The maximum Gasteiger partial charge on any atom is 0.315 e. The number of nitrogens with two attached hydrogens (primary N) is 1. The van der Waals surface area contributed by atoms with E-state index in [4.69, 9.17) is 10.5 Å². The minimum atomic E-state index is -4.76. The van der Waals surface area contributed by atoms with Gasteiger partial charge in [-0.3, -0.25) is 9.11 Å². The van der Waals surface area contributed by atoms with Gasteiger partial charge in [0.2, 0.25) is 11.9 Å². The zero-order chi connectivity index (χ0) is 29.4. The van der Waals surface area contributed by atoms with E-state index in [2.05, 4.69) is 30.5 Å². The van der Waals surface area contributed by atoms with Crippen molar-refractivity contribution in [3.63, 3.8) is 0 Å². The molecule has 0 radical (unpaired) electrons. The number of ether oxygens (including phenoxy) is 1. The average Bonchev–Trinajstić information content (AvgIpc) is 2.91. The molecule has 1 fully saturated rings. The van der Waals surface area contributed by atoms with Gasteiger partial charge in [0.1, 0.15) is 16.3 Å². The molecule has 3 aromatic carbocycles. The fourth-order valence-corrected chi connectivity index (χ4v) is 5.13. The molecule has 0 bridgehead atoms. The molecule has 1 saturated heterocycles. The van der Waals surface area contributed by atoms with Crippen LogP contribution in [0, 0.1) is 6.08 Å². The van der Waals surface area contributed by atoms with Crippen LogP contribution < -0.4 is 16.0 Å². The van der Waals surface area contributed by atoms with E-state index in [1.54, 1.807) is 4.90 Å². The van der Waals surface area contributed by atoms with Gasteiger partial charge in [0.05, 0.1) is 23.8 Å². The Morgan fingerprint density at radius 1 is 0.927 bits per heavy atom. The molecule has 2 heterocycles. The second kappa shape index (κ2) is 10.9. The first-order valence-electron chi connectivity index (χ1n) is 11.7. The monoisotopic (exact) mass is 604 g/mol. The number of fused-ring (bicyclic) bond motifs is 1. The first-order valence-corrected chi connectivity index (χ1v) is 14.6. The van der Waals surface area contributed by atoms with Crippen molar-refractivity contribution in [2.24, 2.45) is 10.2 Å². The number of halogens is 1. The molecule has 1 aromatic heterocycles. The van der Waals surface area contributed by atoms with Crippen molar-refractivity contribution in [3.05, 3.63) is 54.6 Å². The standard InChI is InChI=1S/C23H21FN8O7S2/c24-21-27-22(29-23(28-21)32-7-9-39-10-8-32)26-14-2-6-19(41(36,37)38)18(12-14)30-31-20-16-4-3-15(40(33,34)35)11-13(16)1-5-17(20)25/h1-6,11-12H,7-10,25H2,(H,33,34,35)(H,36,37,38)(H,26,27,28,29). The van der Waals surface area contributed by atoms with Crippen LogP contribution in [0.1, 0.15) is 0 Å². The van der Waals surface area contributed by atoms with Crippen LogP contribution in [0.2, 0.25) is 0 Å². The molecule has 18 heteroatoms. The summed E-state index contributed by atoms with van der Waals surface area (Å²) in [4.78, 5) is 12.3. The molecule has 1 aliphatic heterocycles.